The summed E-state index contributed by atoms with van der Waals surface area (Å²) in [6.07, 6.45) is 4.52. The van der Waals surface area contributed by atoms with Gasteiger partial charge >= 0.3 is 0 Å². The van der Waals surface area contributed by atoms with Gasteiger partial charge in [-0.2, -0.15) is 0 Å². The molecule has 0 bridgehead atoms. The topological polar surface area (TPSA) is 43.1 Å². The molecule has 0 aromatic heterocycles. The number of carbonyl (C=O) groups excluding carboxylic acids is 1. The van der Waals surface area contributed by atoms with Crippen molar-refractivity contribution >= 4 is 5.78 Å². The zero-order chi connectivity index (χ0) is 12.5. The Bertz CT molecular complexity index is 436. The lowest BCUT2D eigenvalue weighted by Crippen LogP contribution is -2.49. The monoisotopic (exact) mass is 235 g/mol. The molecule has 0 amide bonds. The van der Waals surface area contributed by atoms with Crippen LogP contribution in [0, 0.1) is 12.7 Å². The number of carbonyl (C=O) groups is 1. The van der Waals surface area contributed by atoms with Crippen LogP contribution in [0.1, 0.15) is 48.0 Å². The van der Waals surface area contributed by atoms with Gasteiger partial charge in [0.1, 0.15) is 5.82 Å². The standard InChI is InChI=1S/C14H18FNO/c1-10-5-6-11(9-12(10)15)13(17)14(16)7-3-2-4-8-14/h5-6,9H,2-4,7-8,16H2,1H3. The van der Waals surface area contributed by atoms with Gasteiger partial charge in [-0.3, -0.25) is 4.79 Å². The van der Waals surface area contributed by atoms with Crippen LogP contribution in [-0.2, 0) is 0 Å². The number of Topliss-reactive ketones (excluding diaryl/α,β-unsaturated/α-hetero) is 1. The molecule has 17 heavy (non-hydrogen) atoms. The highest BCUT2D eigenvalue weighted by molar-refractivity contribution is 6.03. The van der Waals surface area contributed by atoms with Gasteiger partial charge in [0.2, 0.25) is 0 Å². The molecular formula is C14H18FNO. The molecule has 2 rings (SSSR count). The molecule has 1 aromatic rings. The molecule has 1 aromatic carbocycles. The Morgan fingerprint density at radius 1 is 1.29 bits per heavy atom. The fourth-order valence-corrected chi connectivity index (χ4v) is 2.43. The number of nitrogens with two attached hydrogens (primary N) is 1. The minimum Gasteiger partial charge on any atom is -0.319 e. The molecule has 92 valence electrons. The maximum Gasteiger partial charge on any atom is 0.182 e. The van der Waals surface area contributed by atoms with Crippen molar-refractivity contribution in [2.24, 2.45) is 5.73 Å². The van der Waals surface area contributed by atoms with Gasteiger partial charge < -0.3 is 5.73 Å². The summed E-state index contributed by atoms with van der Waals surface area (Å²) in [5.74, 6) is -0.452. The van der Waals surface area contributed by atoms with Crippen molar-refractivity contribution < 1.29 is 9.18 Å². The molecule has 0 aliphatic heterocycles. The van der Waals surface area contributed by atoms with Gasteiger partial charge in [0.05, 0.1) is 5.54 Å². The largest absolute Gasteiger partial charge is 0.319 e. The fraction of sp³-hybridized carbons (Fsp3) is 0.500. The van der Waals surface area contributed by atoms with Gasteiger partial charge in [0.15, 0.2) is 5.78 Å². The first kappa shape index (κ1) is 12.2. The van der Waals surface area contributed by atoms with Gasteiger partial charge in [0, 0.05) is 5.56 Å². The maximum absolute atomic E-state index is 13.4. The molecule has 0 heterocycles. The van der Waals surface area contributed by atoms with Crippen LogP contribution in [0.15, 0.2) is 18.2 Å². The number of ketones is 1. The van der Waals surface area contributed by atoms with Crippen molar-refractivity contribution in [3.63, 3.8) is 0 Å². The van der Waals surface area contributed by atoms with Crippen molar-refractivity contribution in [2.45, 2.75) is 44.6 Å². The number of rotatable bonds is 2. The maximum atomic E-state index is 13.4. The Morgan fingerprint density at radius 3 is 2.53 bits per heavy atom. The molecule has 1 aliphatic carbocycles. The van der Waals surface area contributed by atoms with Crippen molar-refractivity contribution in [3.05, 3.63) is 35.1 Å². The van der Waals surface area contributed by atoms with Crippen molar-refractivity contribution in [1.82, 2.24) is 0 Å². The molecule has 3 heteroatoms. The summed E-state index contributed by atoms with van der Waals surface area (Å²) in [6, 6.07) is 4.61. The number of hydrogen-bond donors (Lipinski definition) is 1. The SMILES string of the molecule is Cc1ccc(C(=O)C2(N)CCCCC2)cc1F. The summed E-state index contributed by atoms with van der Waals surface area (Å²) < 4.78 is 13.4. The van der Waals surface area contributed by atoms with E-state index in [1.165, 1.54) is 6.07 Å². The third kappa shape index (κ3) is 2.39. The predicted molar refractivity (Wildman–Crippen MR) is 65.5 cm³/mol. The molecule has 2 nitrogen and oxygen atoms in total. The van der Waals surface area contributed by atoms with Gasteiger partial charge in [-0.15, -0.1) is 0 Å². The first-order chi connectivity index (χ1) is 8.03. The van der Waals surface area contributed by atoms with Crippen LogP contribution in [0.25, 0.3) is 0 Å². The smallest absolute Gasteiger partial charge is 0.182 e. The zero-order valence-corrected chi connectivity index (χ0v) is 10.1. The molecule has 1 aliphatic rings. The molecule has 0 spiro atoms. The number of aryl methyl sites for hydroxylation is 1. The highest BCUT2D eigenvalue weighted by Gasteiger charge is 2.35. The summed E-state index contributed by atoms with van der Waals surface area (Å²) in [5.41, 5.74) is 6.33. The van der Waals surface area contributed by atoms with Crippen LogP contribution in [0.2, 0.25) is 0 Å². The second-order valence-electron chi connectivity index (χ2n) is 5.01. The van der Waals surface area contributed by atoms with E-state index in [0.717, 1.165) is 19.3 Å². The summed E-state index contributed by atoms with van der Waals surface area (Å²) in [6.45, 7) is 1.68. The summed E-state index contributed by atoms with van der Waals surface area (Å²) in [4.78, 5) is 12.3. The highest BCUT2D eigenvalue weighted by Crippen LogP contribution is 2.29. The highest BCUT2D eigenvalue weighted by atomic mass is 19.1. The summed E-state index contributed by atoms with van der Waals surface area (Å²) >= 11 is 0. The van der Waals surface area contributed by atoms with E-state index in [2.05, 4.69) is 0 Å². The number of hydrogen-bond acceptors (Lipinski definition) is 2. The van der Waals surface area contributed by atoms with Crippen LogP contribution in [-0.4, -0.2) is 11.3 Å². The van der Waals surface area contributed by atoms with E-state index < -0.39 is 5.54 Å². The van der Waals surface area contributed by atoms with E-state index in [9.17, 15) is 9.18 Å². The first-order valence-electron chi connectivity index (χ1n) is 6.13. The van der Waals surface area contributed by atoms with Crippen molar-refractivity contribution in [2.75, 3.05) is 0 Å². The van der Waals surface area contributed by atoms with E-state index >= 15 is 0 Å². The molecule has 1 saturated carbocycles. The van der Waals surface area contributed by atoms with Gasteiger partial charge in [0.25, 0.3) is 0 Å². The second-order valence-corrected chi connectivity index (χ2v) is 5.01. The lowest BCUT2D eigenvalue weighted by Gasteiger charge is -2.31. The van der Waals surface area contributed by atoms with Crippen LogP contribution in [0.3, 0.4) is 0 Å². The molecule has 2 N–H and O–H groups in total. The lowest BCUT2D eigenvalue weighted by molar-refractivity contribution is 0.0847. The Hall–Kier alpha value is -1.22. The van der Waals surface area contributed by atoms with Gasteiger partial charge in [-0.25, -0.2) is 4.39 Å². The average Bonchev–Trinajstić information content (AvgIpc) is 2.33. The quantitative estimate of drug-likeness (QED) is 0.801. The Kier molecular flexibility index (Phi) is 3.29. The van der Waals surface area contributed by atoms with Crippen LogP contribution in [0.4, 0.5) is 4.39 Å². The normalized spacial score (nSPS) is 19.0. The Balaban J connectivity index is 2.26. The number of benzene rings is 1. The molecule has 0 radical (unpaired) electrons. The third-order valence-electron chi connectivity index (χ3n) is 3.63. The molecular weight excluding hydrogens is 217 g/mol. The minimum atomic E-state index is -0.778. The Morgan fingerprint density at radius 2 is 1.94 bits per heavy atom. The molecule has 0 saturated heterocycles. The van der Waals surface area contributed by atoms with Gasteiger partial charge in [-0.1, -0.05) is 31.4 Å². The van der Waals surface area contributed by atoms with E-state index in [0.29, 0.717) is 24.0 Å². The fourth-order valence-electron chi connectivity index (χ4n) is 2.43. The molecule has 1 fully saturated rings. The molecule has 0 unspecified atom stereocenters. The molecule has 0 atom stereocenters. The van der Waals surface area contributed by atoms with E-state index in [1.807, 2.05) is 0 Å². The number of halogens is 1. The van der Waals surface area contributed by atoms with E-state index in [-0.39, 0.29) is 11.6 Å². The average molecular weight is 235 g/mol. The third-order valence-corrected chi connectivity index (χ3v) is 3.63. The van der Waals surface area contributed by atoms with Crippen LogP contribution in [0.5, 0.6) is 0 Å². The van der Waals surface area contributed by atoms with E-state index in [4.69, 9.17) is 5.73 Å². The van der Waals surface area contributed by atoms with Crippen LogP contribution < -0.4 is 5.73 Å². The second kappa shape index (κ2) is 4.57. The predicted octanol–water partition coefficient (Wildman–Crippen LogP) is 2.98. The van der Waals surface area contributed by atoms with Gasteiger partial charge in [-0.05, 0) is 31.4 Å². The summed E-state index contributed by atoms with van der Waals surface area (Å²) in [7, 11) is 0. The lowest BCUT2D eigenvalue weighted by atomic mass is 9.77. The van der Waals surface area contributed by atoms with Crippen molar-refractivity contribution in [3.8, 4) is 0 Å². The van der Waals surface area contributed by atoms with Crippen LogP contribution >= 0.6 is 0 Å². The van der Waals surface area contributed by atoms with Crippen molar-refractivity contribution in [1.29, 1.82) is 0 Å². The van der Waals surface area contributed by atoms with E-state index in [1.54, 1.807) is 19.1 Å². The minimum absolute atomic E-state index is 0.115. The Labute approximate surface area is 101 Å². The first-order valence-corrected chi connectivity index (χ1v) is 6.13. The zero-order valence-electron chi connectivity index (χ0n) is 10.1. The summed E-state index contributed by atoms with van der Waals surface area (Å²) in [5, 5.41) is 0.